The third-order valence-corrected chi connectivity index (χ3v) is 1.00. The van der Waals surface area contributed by atoms with E-state index in [2.05, 4.69) is 12.8 Å². The molecule has 0 aromatic carbocycles. The SMILES string of the molecule is [BH]C(=O)c1ccncc1. The lowest BCUT2D eigenvalue weighted by molar-refractivity contribution is 0.108. The molecule has 0 N–H and O–H groups in total. The van der Waals surface area contributed by atoms with Crippen LogP contribution in [-0.4, -0.2) is 18.5 Å². The summed E-state index contributed by atoms with van der Waals surface area (Å²) in [4.78, 5) is 14.3. The standard InChI is InChI=1S/C6H5BNO/c7-6(9)5-1-3-8-4-2-5/h1-4,7H. The lowest BCUT2D eigenvalue weighted by Crippen LogP contribution is -1.95. The summed E-state index contributed by atoms with van der Waals surface area (Å²) >= 11 is 0. The van der Waals surface area contributed by atoms with Crippen molar-refractivity contribution >= 4 is 13.5 Å². The van der Waals surface area contributed by atoms with Crippen molar-refractivity contribution in [3.05, 3.63) is 30.1 Å². The van der Waals surface area contributed by atoms with Crippen molar-refractivity contribution in [2.24, 2.45) is 0 Å². The number of carbonyl (C=O) groups is 1. The third-order valence-electron chi connectivity index (χ3n) is 1.00. The molecule has 0 bridgehead atoms. The van der Waals surface area contributed by atoms with E-state index < -0.39 is 0 Å². The molecule has 1 rings (SSSR count). The molecule has 1 radical (unpaired) electrons. The van der Waals surface area contributed by atoms with Gasteiger partial charge in [0.05, 0.1) is 0 Å². The van der Waals surface area contributed by atoms with E-state index in [1.54, 1.807) is 24.5 Å². The Morgan fingerprint density at radius 1 is 1.44 bits per heavy atom. The van der Waals surface area contributed by atoms with Gasteiger partial charge < -0.3 is 4.79 Å². The Balaban J connectivity index is 2.98. The van der Waals surface area contributed by atoms with Crippen LogP contribution in [0.5, 0.6) is 0 Å². The van der Waals surface area contributed by atoms with Gasteiger partial charge in [-0.1, -0.05) is 0 Å². The zero-order valence-electron chi connectivity index (χ0n) is 4.87. The monoisotopic (exact) mass is 118 g/mol. The molecule has 0 atom stereocenters. The summed E-state index contributed by atoms with van der Waals surface area (Å²) in [6.07, 6.45) is 3.14. The summed E-state index contributed by atoms with van der Waals surface area (Å²) in [6, 6.07) is 3.27. The number of aromatic nitrogens is 1. The minimum atomic E-state index is -0.169. The largest absolute Gasteiger partial charge is 0.307 e. The Bertz CT molecular complexity index is 210. The van der Waals surface area contributed by atoms with Crippen LogP contribution in [-0.2, 0) is 0 Å². The van der Waals surface area contributed by atoms with E-state index in [1.165, 1.54) is 0 Å². The first-order chi connectivity index (χ1) is 4.30. The molecule has 0 amide bonds. The fourth-order valence-corrected chi connectivity index (χ4v) is 0.538. The number of hydrogen-bond donors (Lipinski definition) is 0. The fraction of sp³-hybridized carbons (Fsp3) is 0. The van der Waals surface area contributed by atoms with Crippen LogP contribution in [0.15, 0.2) is 24.5 Å². The summed E-state index contributed by atoms with van der Waals surface area (Å²) in [5, 5.41) is 0. The Morgan fingerprint density at radius 2 is 2.00 bits per heavy atom. The van der Waals surface area contributed by atoms with Crippen molar-refractivity contribution in [3.63, 3.8) is 0 Å². The fourth-order valence-electron chi connectivity index (χ4n) is 0.538. The van der Waals surface area contributed by atoms with Gasteiger partial charge in [0.15, 0.2) is 7.85 Å². The van der Waals surface area contributed by atoms with Gasteiger partial charge in [0.25, 0.3) is 0 Å². The summed E-state index contributed by atoms with van der Waals surface area (Å²) in [5.41, 5.74) is 0.433. The smallest absolute Gasteiger partial charge is 0.187 e. The lowest BCUT2D eigenvalue weighted by Gasteiger charge is -1.89. The molecule has 0 saturated heterocycles. The molecule has 2 nitrogen and oxygen atoms in total. The quantitative estimate of drug-likeness (QED) is 0.490. The van der Waals surface area contributed by atoms with Crippen molar-refractivity contribution in [2.45, 2.75) is 0 Å². The highest BCUT2D eigenvalue weighted by Crippen LogP contribution is 1.93. The van der Waals surface area contributed by atoms with E-state index in [0.29, 0.717) is 5.56 Å². The highest BCUT2D eigenvalue weighted by molar-refractivity contribution is 6.62. The third kappa shape index (κ3) is 1.39. The number of hydrogen-bond acceptors (Lipinski definition) is 2. The van der Waals surface area contributed by atoms with Gasteiger partial charge in [0, 0.05) is 18.0 Å². The van der Waals surface area contributed by atoms with E-state index in [-0.39, 0.29) is 5.68 Å². The van der Waals surface area contributed by atoms with Crippen LogP contribution in [0.2, 0.25) is 0 Å². The van der Waals surface area contributed by atoms with Crippen molar-refractivity contribution in [1.29, 1.82) is 0 Å². The minimum absolute atomic E-state index is 0.169. The molecule has 43 valence electrons. The Kier molecular flexibility index (Phi) is 1.63. The first-order valence-corrected chi connectivity index (χ1v) is 2.57. The molecule has 3 heteroatoms. The Labute approximate surface area is 54.3 Å². The number of carbonyl (C=O) groups excluding carboxylic acids is 1. The lowest BCUT2D eigenvalue weighted by atomic mass is 9.96. The Hall–Kier alpha value is -1.12. The van der Waals surface area contributed by atoms with Gasteiger partial charge in [0.1, 0.15) is 5.68 Å². The van der Waals surface area contributed by atoms with Crippen molar-refractivity contribution < 1.29 is 4.79 Å². The molecule has 9 heavy (non-hydrogen) atoms. The van der Waals surface area contributed by atoms with Gasteiger partial charge in [-0.05, 0) is 12.1 Å². The molecule has 0 aliphatic carbocycles. The molecule has 0 spiro atoms. The van der Waals surface area contributed by atoms with Crippen molar-refractivity contribution in [2.75, 3.05) is 0 Å². The Morgan fingerprint density at radius 3 is 2.33 bits per heavy atom. The molecular formula is C6H5BNO. The minimum Gasteiger partial charge on any atom is -0.307 e. The molecule has 1 aromatic heterocycles. The van der Waals surface area contributed by atoms with Crippen LogP contribution in [0.1, 0.15) is 10.4 Å². The molecule has 0 aliphatic rings. The van der Waals surface area contributed by atoms with Crippen LogP contribution in [0.25, 0.3) is 0 Å². The molecule has 0 saturated carbocycles. The van der Waals surface area contributed by atoms with E-state index >= 15 is 0 Å². The van der Waals surface area contributed by atoms with Gasteiger partial charge in [-0.15, -0.1) is 0 Å². The first kappa shape index (κ1) is 6.01. The predicted octanol–water partition coefficient (Wildman–Crippen LogP) is 0.123. The molecular weight excluding hydrogens is 113 g/mol. The van der Waals surface area contributed by atoms with E-state index in [9.17, 15) is 4.79 Å². The zero-order valence-corrected chi connectivity index (χ0v) is 4.87. The van der Waals surface area contributed by atoms with Crippen LogP contribution in [0.4, 0.5) is 0 Å². The van der Waals surface area contributed by atoms with E-state index in [4.69, 9.17) is 0 Å². The van der Waals surface area contributed by atoms with Crippen LogP contribution in [0, 0.1) is 0 Å². The highest BCUT2D eigenvalue weighted by Gasteiger charge is 1.93. The van der Waals surface area contributed by atoms with Crippen molar-refractivity contribution in [1.82, 2.24) is 4.98 Å². The van der Waals surface area contributed by atoms with Crippen molar-refractivity contribution in [3.8, 4) is 0 Å². The average Bonchev–Trinajstić information content (AvgIpc) is 1.90. The van der Waals surface area contributed by atoms with Gasteiger partial charge in [-0.25, -0.2) is 0 Å². The van der Waals surface area contributed by atoms with Gasteiger partial charge in [-0.3, -0.25) is 4.98 Å². The number of pyridine rings is 1. The maximum atomic E-state index is 10.5. The second-order valence-electron chi connectivity index (χ2n) is 1.66. The normalized spacial score (nSPS) is 8.89. The predicted molar refractivity (Wildman–Crippen MR) is 35.7 cm³/mol. The molecule has 0 unspecified atom stereocenters. The maximum absolute atomic E-state index is 10.5. The number of nitrogens with zero attached hydrogens (tertiary/aromatic N) is 1. The molecule has 0 fully saturated rings. The van der Waals surface area contributed by atoms with Crippen LogP contribution >= 0.6 is 0 Å². The second kappa shape index (κ2) is 2.44. The number of rotatable bonds is 1. The topological polar surface area (TPSA) is 30.0 Å². The van der Waals surface area contributed by atoms with E-state index in [0.717, 1.165) is 0 Å². The molecule has 1 heterocycles. The van der Waals surface area contributed by atoms with Crippen LogP contribution < -0.4 is 0 Å². The molecule has 1 aromatic rings. The van der Waals surface area contributed by atoms with E-state index in [1.807, 2.05) is 0 Å². The van der Waals surface area contributed by atoms with Crippen LogP contribution in [0.3, 0.4) is 0 Å². The second-order valence-corrected chi connectivity index (χ2v) is 1.66. The van der Waals surface area contributed by atoms with Gasteiger partial charge in [-0.2, -0.15) is 0 Å². The zero-order chi connectivity index (χ0) is 6.69. The summed E-state index contributed by atoms with van der Waals surface area (Å²) < 4.78 is 0. The summed E-state index contributed by atoms with van der Waals surface area (Å²) in [7, 11) is 3.24. The van der Waals surface area contributed by atoms with Gasteiger partial charge in [0.2, 0.25) is 0 Å². The molecule has 0 aliphatic heterocycles. The average molecular weight is 118 g/mol. The highest BCUT2D eigenvalue weighted by atomic mass is 16.1. The van der Waals surface area contributed by atoms with Gasteiger partial charge >= 0.3 is 0 Å². The summed E-state index contributed by atoms with van der Waals surface area (Å²) in [6.45, 7) is 0. The summed E-state index contributed by atoms with van der Waals surface area (Å²) in [5.74, 6) is 0. The maximum Gasteiger partial charge on any atom is 0.187 e. The first-order valence-electron chi connectivity index (χ1n) is 2.57.